The molecule has 20 heavy (non-hydrogen) atoms. The number of β-amino-alcohol motifs (C(OH)–C–C–N with tert-alkyl or cyclic N) is 1. The topological polar surface area (TPSA) is 73.7 Å². The standard InChI is InChI=1S/C12H18ClN3O3S/c13-12-11(3-1-4-14-12)20(18,19)16-6-2-5-15(7-8-16)9-10-17/h1,3-4,17H,2,5-10H2. The van der Waals surface area contributed by atoms with Gasteiger partial charge in [0, 0.05) is 32.4 Å². The average molecular weight is 320 g/mol. The van der Waals surface area contributed by atoms with Crippen molar-refractivity contribution in [1.82, 2.24) is 14.2 Å². The van der Waals surface area contributed by atoms with Crippen molar-refractivity contribution in [3.63, 3.8) is 0 Å². The van der Waals surface area contributed by atoms with E-state index in [0.29, 0.717) is 26.2 Å². The Hall–Kier alpha value is -0.730. The van der Waals surface area contributed by atoms with E-state index in [1.54, 1.807) is 6.07 Å². The van der Waals surface area contributed by atoms with E-state index >= 15 is 0 Å². The summed E-state index contributed by atoms with van der Waals surface area (Å²) in [7, 11) is -3.60. The Morgan fingerprint density at radius 3 is 2.80 bits per heavy atom. The number of halogens is 1. The number of aliphatic hydroxyl groups excluding tert-OH is 1. The molecule has 1 aromatic heterocycles. The number of aromatic nitrogens is 1. The van der Waals surface area contributed by atoms with Crippen LogP contribution in [0.2, 0.25) is 5.15 Å². The fourth-order valence-electron chi connectivity index (χ4n) is 2.26. The fourth-order valence-corrected chi connectivity index (χ4v) is 4.15. The normalized spacial score (nSPS) is 18.9. The molecule has 0 amide bonds. The Kier molecular flexibility index (Phi) is 5.34. The quantitative estimate of drug-likeness (QED) is 0.814. The van der Waals surface area contributed by atoms with Crippen LogP contribution in [-0.2, 0) is 10.0 Å². The number of pyridine rings is 1. The van der Waals surface area contributed by atoms with Crippen molar-refractivity contribution in [2.75, 3.05) is 39.3 Å². The first-order valence-corrected chi connectivity index (χ1v) is 8.31. The van der Waals surface area contributed by atoms with Gasteiger partial charge in [-0.25, -0.2) is 13.4 Å². The summed E-state index contributed by atoms with van der Waals surface area (Å²) in [5, 5.41) is 8.95. The lowest BCUT2D eigenvalue weighted by Gasteiger charge is -2.21. The van der Waals surface area contributed by atoms with E-state index in [9.17, 15) is 8.42 Å². The SMILES string of the molecule is O=S(=O)(c1cccnc1Cl)N1CCCN(CCO)CC1. The molecule has 0 unspecified atom stereocenters. The summed E-state index contributed by atoms with van der Waals surface area (Å²) in [6.07, 6.45) is 2.20. The van der Waals surface area contributed by atoms with Gasteiger partial charge in [-0.1, -0.05) is 11.6 Å². The number of nitrogens with zero attached hydrogens (tertiary/aromatic N) is 3. The zero-order chi connectivity index (χ0) is 14.6. The highest BCUT2D eigenvalue weighted by Gasteiger charge is 2.28. The summed E-state index contributed by atoms with van der Waals surface area (Å²) in [4.78, 5) is 5.93. The number of aliphatic hydroxyl groups is 1. The maximum absolute atomic E-state index is 12.6. The highest BCUT2D eigenvalue weighted by molar-refractivity contribution is 7.89. The van der Waals surface area contributed by atoms with Crippen LogP contribution in [0.3, 0.4) is 0 Å². The van der Waals surface area contributed by atoms with E-state index < -0.39 is 10.0 Å². The van der Waals surface area contributed by atoms with Crippen LogP contribution in [0.1, 0.15) is 6.42 Å². The van der Waals surface area contributed by atoms with Crippen LogP contribution in [0.5, 0.6) is 0 Å². The van der Waals surface area contributed by atoms with Gasteiger partial charge < -0.3 is 5.11 Å². The molecule has 1 saturated heterocycles. The lowest BCUT2D eigenvalue weighted by atomic mass is 10.4. The molecule has 8 heteroatoms. The van der Waals surface area contributed by atoms with E-state index in [2.05, 4.69) is 9.88 Å². The molecule has 0 radical (unpaired) electrons. The van der Waals surface area contributed by atoms with E-state index in [4.69, 9.17) is 16.7 Å². The third-order valence-electron chi connectivity index (χ3n) is 3.31. The van der Waals surface area contributed by atoms with Gasteiger partial charge >= 0.3 is 0 Å². The molecule has 1 fully saturated rings. The maximum atomic E-state index is 12.6. The minimum atomic E-state index is -3.60. The number of rotatable bonds is 4. The first-order chi connectivity index (χ1) is 9.55. The van der Waals surface area contributed by atoms with Crippen molar-refractivity contribution in [2.45, 2.75) is 11.3 Å². The van der Waals surface area contributed by atoms with Gasteiger partial charge in [-0.3, -0.25) is 4.90 Å². The zero-order valence-corrected chi connectivity index (χ0v) is 12.6. The van der Waals surface area contributed by atoms with Crippen LogP contribution in [0.15, 0.2) is 23.2 Å². The summed E-state index contributed by atoms with van der Waals surface area (Å²) < 4.78 is 26.6. The molecule has 2 heterocycles. The molecule has 2 rings (SSSR count). The molecular formula is C12H18ClN3O3S. The number of hydrogen-bond donors (Lipinski definition) is 1. The van der Waals surface area contributed by atoms with Crippen molar-refractivity contribution in [2.24, 2.45) is 0 Å². The third kappa shape index (κ3) is 3.48. The van der Waals surface area contributed by atoms with Crippen molar-refractivity contribution in [3.8, 4) is 0 Å². The predicted molar refractivity (Wildman–Crippen MR) is 76.1 cm³/mol. The Balaban J connectivity index is 2.16. The van der Waals surface area contributed by atoms with Crippen LogP contribution in [0.25, 0.3) is 0 Å². The summed E-state index contributed by atoms with van der Waals surface area (Å²) in [5.41, 5.74) is 0. The van der Waals surface area contributed by atoms with Crippen LogP contribution >= 0.6 is 11.6 Å². The van der Waals surface area contributed by atoms with E-state index in [1.807, 2.05) is 0 Å². The lowest BCUT2D eigenvalue weighted by Crippen LogP contribution is -2.36. The second-order valence-electron chi connectivity index (χ2n) is 4.62. The lowest BCUT2D eigenvalue weighted by molar-refractivity contribution is 0.202. The molecular weight excluding hydrogens is 302 g/mol. The molecule has 0 saturated carbocycles. The molecule has 0 aromatic carbocycles. The van der Waals surface area contributed by atoms with Gasteiger partial charge in [0.15, 0.2) is 0 Å². The average Bonchev–Trinajstić information content (AvgIpc) is 2.65. The summed E-state index contributed by atoms with van der Waals surface area (Å²) in [6, 6.07) is 3.04. The fraction of sp³-hybridized carbons (Fsp3) is 0.583. The first kappa shape index (κ1) is 15.7. The van der Waals surface area contributed by atoms with Crippen LogP contribution < -0.4 is 0 Å². The largest absolute Gasteiger partial charge is 0.395 e. The van der Waals surface area contributed by atoms with E-state index in [-0.39, 0.29) is 16.7 Å². The monoisotopic (exact) mass is 319 g/mol. The van der Waals surface area contributed by atoms with Crippen molar-refractivity contribution in [3.05, 3.63) is 23.5 Å². The molecule has 0 spiro atoms. The molecule has 1 aliphatic heterocycles. The van der Waals surface area contributed by atoms with Gasteiger partial charge in [0.2, 0.25) is 10.0 Å². The highest BCUT2D eigenvalue weighted by Crippen LogP contribution is 2.23. The van der Waals surface area contributed by atoms with Gasteiger partial charge in [0.25, 0.3) is 0 Å². The Morgan fingerprint density at radius 1 is 1.30 bits per heavy atom. The van der Waals surface area contributed by atoms with Gasteiger partial charge in [-0.15, -0.1) is 0 Å². The highest BCUT2D eigenvalue weighted by atomic mass is 35.5. The number of sulfonamides is 1. The predicted octanol–water partition coefficient (Wildman–Crippen LogP) is 0.424. The van der Waals surface area contributed by atoms with Gasteiger partial charge in [0.1, 0.15) is 10.0 Å². The molecule has 0 aliphatic carbocycles. The molecule has 1 N–H and O–H groups in total. The second-order valence-corrected chi connectivity index (χ2v) is 6.88. The van der Waals surface area contributed by atoms with Gasteiger partial charge in [-0.05, 0) is 25.1 Å². The maximum Gasteiger partial charge on any atom is 0.246 e. The minimum Gasteiger partial charge on any atom is -0.395 e. The molecule has 0 atom stereocenters. The summed E-state index contributed by atoms with van der Waals surface area (Å²) >= 11 is 5.89. The molecule has 112 valence electrons. The van der Waals surface area contributed by atoms with Gasteiger partial charge in [0.05, 0.1) is 6.61 Å². The molecule has 0 bridgehead atoms. The number of hydrogen-bond acceptors (Lipinski definition) is 5. The molecule has 6 nitrogen and oxygen atoms in total. The third-order valence-corrected chi connectivity index (χ3v) is 5.65. The smallest absolute Gasteiger partial charge is 0.246 e. The summed E-state index contributed by atoms with van der Waals surface area (Å²) in [5.74, 6) is 0. The van der Waals surface area contributed by atoms with Crippen LogP contribution in [-0.4, -0.2) is 67.0 Å². The second kappa shape index (κ2) is 6.82. The Morgan fingerprint density at radius 2 is 2.10 bits per heavy atom. The first-order valence-electron chi connectivity index (χ1n) is 6.49. The minimum absolute atomic E-state index is 0.00367. The Labute approximate surface area is 124 Å². The van der Waals surface area contributed by atoms with Crippen LogP contribution in [0, 0.1) is 0 Å². The van der Waals surface area contributed by atoms with Crippen LogP contribution in [0.4, 0.5) is 0 Å². The molecule has 1 aliphatic rings. The van der Waals surface area contributed by atoms with Crippen molar-refractivity contribution >= 4 is 21.6 Å². The zero-order valence-electron chi connectivity index (χ0n) is 11.1. The molecule has 1 aromatic rings. The van der Waals surface area contributed by atoms with Crippen molar-refractivity contribution in [1.29, 1.82) is 0 Å². The summed E-state index contributed by atoms with van der Waals surface area (Å²) in [6.45, 7) is 2.90. The van der Waals surface area contributed by atoms with Gasteiger partial charge in [-0.2, -0.15) is 4.31 Å². The Bertz CT molecular complexity index is 553. The van der Waals surface area contributed by atoms with E-state index in [1.165, 1.54) is 16.6 Å². The van der Waals surface area contributed by atoms with Crippen molar-refractivity contribution < 1.29 is 13.5 Å². The van der Waals surface area contributed by atoms with E-state index in [0.717, 1.165) is 13.0 Å².